The summed E-state index contributed by atoms with van der Waals surface area (Å²) in [6.07, 6.45) is 3.46. The molecule has 0 radical (unpaired) electrons. The second-order valence-corrected chi connectivity index (χ2v) is 7.92. The van der Waals surface area contributed by atoms with E-state index in [-0.39, 0.29) is 12.1 Å². The van der Waals surface area contributed by atoms with Crippen LogP contribution in [0.25, 0.3) is 0 Å². The van der Waals surface area contributed by atoms with E-state index in [4.69, 9.17) is 4.74 Å². The van der Waals surface area contributed by atoms with Gasteiger partial charge in [0.15, 0.2) is 0 Å². The fourth-order valence-electron chi connectivity index (χ4n) is 3.51. The number of amides is 2. The van der Waals surface area contributed by atoms with Gasteiger partial charge in [-0.25, -0.2) is 9.78 Å². The van der Waals surface area contributed by atoms with Crippen molar-refractivity contribution in [1.29, 1.82) is 0 Å². The van der Waals surface area contributed by atoms with Gasteiger partial charge in [0.1, 0.15) is 0 Å². The van der Waals surface area contributed by atoms with E-state index in [1.54, 1.807) is 11.3 Å². The summed E-state index contributed by atoms with van der Waals surface area (Å²) >= 11 is 1.72. The molecule has 1 aromatic heterocycles. The van der Waals surface area contributed by atoms with Gasteiger partial charge in [-0.1, -0.05) is 0 Å². The van der Waals surface area contributed by atoms with Crippen LogP contribution >= 0.6 is 11.3 Å². The third-order valence-corrected chi connectivity index (χ3v) is 5.83. The number of thiazole rings is 1. The molecule has 0 aromatic carbocycles. The van der Waals surface area contributed by atoms with Gasteiger partial charge in [-0.2, -0.15) is 0 Å². The van der Waals surface area contributed by atoms with E-state index < -0.39 is 0 Å². The molecule has 0 saturated carbocycles. The fourth-order valence-corrected chi connectivity index (χ4v) is 4.37. The summed E-state index contributed by atoms with van der Waals surface area (Å²) in [6.45, 7) is 7.21. The Labute approximate surface area is 148 Å². The lowest BCUT2D eigenvalue weighted by Crippen LogP contribution is -2.42. The minimum atomic E-state index is 0.0638. The van der Waals surface area contributed by atoms with Crippen LogP contribution in [0.15, 0.2) is 5.51 Å². The Balaban J connectivity index is 1.38. The number of hydrogen-bond acceptors (Lipinski definition) is 5. The third-order valence-electron chi connectivity index (χ3n) is 4.91. The molecule has 0 bridgehead atoms. The summed E-state index contributed by atoms with van der Waals surface area (Å²) in [7, 11) is 2.15. The van der Waals surface area contributed by atoms with Crippen LogP contribution in [0.2, 0.25) is 0 Å². The van der Waals surface area contributed by atoms with Crippen molar-refractivity contribution in [2.75, 3.05) is 39.8 Å². The fraction of sp³-hybridized carbons (Fsp3) is 0.765. The van der Waals surface area contributed by atoms with Gasteiger partial charge in [-0.15, -0.1) is 11.3 Å². The zero-order valence-electron chi connectivity index (χ0n) is 14.7. The van der Waals surface area contributed by atoms with Crippen LogP contribution in [0.4, 0.5) is 4.79 Å². The monoisotopic (exact) mass is 352 g/mol. The number of aryl methyl sites for hydroxylation is 1. The quantitative estimate of drug-likeness (QED) is 0.852. The molecule has 0 unspecified atom stereocenters. The molecule has 2 aliphatic rings. The van der Waals surface area contributed by atoms with E-state index in [2.05, 4.69) is 29.2 Å². The highest BCUT2D eigenvalue weighted by Crippen LogP contribution is 2.20. The Morgan fingerprint density at radius 2 is 2.42 bits per heavy atom. The van der Waals surface area contributed by atoms with E-state index in [0.29, 0.717) is 12.5 Å². The molecule has 3 heterocycles. The smallest absolute Gasteiger partial charge is 0.317 e. The molecular weight excluding hydrogens is 324 g/mol. The summed E-state index contributed by atoms with van der Waals surface area (Å²) in [5.74, 6) is 0.553. The zero-order valence-corrected chi connectivity index (χ0v) is 15.5. The van der Waals surface area contributed by atoms with E-state index in [9.17, 15) is 4.79 Å². The number of nitrogens with one attached hydrogen (secondary N) is 1. The van der Waals surface area contributed by atoms with Crippen LogP contribution in [-0.2, 0) is 11.3 Å². The Morgan fingerprint density at radius 3 is 3.12 bits per heavy atom. The van der Waals surface area contributed by atoms with Gasteiger partial charge in [-0.05, 0) is 39.2 Å². The number of aromatic nitrogens is 1. The van der Waals surface area contributed by atoms with E-state index in [0.717, 1.165) is 57.7 Å². The Hall–Kier alpha value is -1.18. The lowest BCUT2D eigenvalue weighted by molar-refractivity contribution is 0.109. The molecule has 2 fully saturated rings. The minimum Gasteiger partial charge on any atom is -0.376 e. The molecule has 2 amide bonds. The van der Waals surface area contributed by atoms with Crippen LogP contribution in [-0.4, -0.2) is 66.8 Å². The first-order valence-electron chi connectivity index (χ1n) is 8.83. The van der Waals surface area contributed by atoms with Gasteiger partial charge in [0.05, 0.1) is 17.3 Å². The van der Waals surface area contributed by atoms with Gasteiger partial charge < -0.3 is 19.9 Å². The van der Waals surface area contributed by atoms with Gasteiger partial charge in [0.25, 0.3) is 0 Å². The molecule has 2 aliphatic heterocycles. The van der Waals surface area contributed by atoms with Crippen molar-refractivity contribution in [2.24, 2.45) is 5.92 Å². The second-order valence-electron chi connectivity index (χ2n) is 6.98. The van der Waals surface area contributed by atoms with Crippen LogP contribution < -0.4 is 5.32 Å². The van der Waals surface area contributed by atoms with Crippen molar-refractivity contribution in [2.45, 2.75) is 38.8 Å². The van der Waals surface area contributed by atoms with Crippen LogP contribution in [0.5, 0.6) is 0 Å². The number of urea groups is 1. The molecular formula is C17H28N4O2S. The van der Waals surface area contributed by atoms with Crippen molar-refractivity contribution in [3.63, 3.8) is 0 Å². The van der Waals surface area contributed by atoms with E-state index >= 15 is 0 Å². The lowest BCUT2D eigenvalue weighted by atomic mass is 10.1. The van der Waals surface area contributed by atoms with Crippen molar-refractivity contribution in [3.05, 3.63) is 16.1 Å². The molecule has 2 atom stereocenters. The molecule has 24 heavy (non-hydrogen) atoms. The molecule has 0 aliphatic carbocycles. The van der Waals surface area contributed by atoms with Crippen molar-refractivity contribution < 1.29 is 9.53 Å². The number of likely N-dealkylation sites (tertiary alicyclic amines) is 1. The molecule has 7 heteroatoms. The summed E-state index contributed by atoms with van der Waals surface area (Å²) in [5, 5.41) is 3.03. The maximum Gasteiger partial charge on any atom is 0.317 e. The first-order valence-corrected chi connectivity index (χ1v) is 9.71. The highest BCUT2D eigenvalue weighted by molar-refractivity contribution is 7.09. The predicted molar refractivity (Wildman–Crippen MR) is 95.2 cm³/mol. The number of carbonyl (C=O) groups is 1. The molecule has 3 rings (SSSR count). The van der Waals surface area contributed by atoms with Crippen LogP contribution in [0.1, 0.15) is 29.8 Å². The molecule has 2 saturated heterocycles. The van der Waals surface area contributed by atoms with E-state index in [1.807, 2.05) is 10.4 Å². The Morgan fingerprint density at radius 1 is 1.54 bits per heavy atom. The lowest BCUT2D eigenvalue weighted by Gasteiger charge is -2.22. The van der Waals surface area contributed by atoms with Gasteiger partial charge in [-0.3, -0.25) is 0 Å². The standard InChI is InChI=1S/C17H28N4O2S/c1-13-16(24-12-19-13)11-20(2)9-14-5-6-21(10-14)17(22)18-8-15-4-3-7-23-15/h12,14-15H,3-11H2,1-2H3,(H,18,22)/t14-,15+/m1/s1. The molecule has 1 N–H and O–H groups in total. The first-order chi connectivity index (χ1) is 11.6. The predicted octanol–water partition coefficient (Wildman–Crippen LogP) is 2.09. The largest absolute Gasteiger partial charge is 0.376 e. The van der Waals surface area contributed by atoms with E-state index in [1.165, 1.54) is 4.88 Å². The zero-order chi connectivity index (χ0) is 16.9. The second kappa shape index (κ2) is 8.27. The first kappa shape index (κ1) is 17.6. The normalized spacial score (nSPS) is 24.0. The molecule has 1 aromatic rings. The molecule has 6 nitrogen and oxygen atoms in total. The van der Waals surface area contributed by atoms with Gasteiger partial charge >= 0.3 is 6.03 Å². The topological polar surface area (TPSA) is 57.7 Å². The number of hydrogen-bond donors (Lipinski definition) is 1. The summed E-state index contributed by atoms with van der Waals surface area (Å²) in [6, 6.07) is 0.0638. The highest BCUT2D eigenvalue weighted by atomic mass is 32.1. The van der Waals surface area contributed by atoms with Crippen molar-refractivity contribution in [3.8, 4) is 0 Å². The van der Waals surface area contributed by atoms with Crippen LogP contribution in [0, 0.1) is 12.8 Å². The van der Waals surface area contributed by atoms with Gasteiger partial charge in [0, 0.05) is 44.2 Å². The summed E-state index contributed by atoms with van der Waals surface area (Å²) in [5.41, 5.74) is 3.04. The summed E-state index contributed by atoms with van der Waals surface area (Å²) in [4.78, 5) is 22.2. The van der Waals surface area contributed by atoms with Crippen LogP contribution in [0.3, 0.4) is 0 Å². The number of rotatable bonds is 6. The Bertz CT molecular complexity index is 544. The molecule has 134 valence electrons. The minimum absolute atomic E-state index is 0.0638. The number of nitrogens with zero attached hydrogens (tertiary/aromatic N) is 3. The highest BCUT2D eigenvalue weighted by Gasteiger charge is 2.27. The average molecular weight is 353 g/mol. The summed E-state index contributed by atoms with van der Waals surface area (Å²) < 4.78 is 5.56. The SMILES string of the molecule is Cc1ncsc1CN(C)C[C@H]1CCN(C(=O)NC[C@@H]2CCCO2)C1. The maximum atomic E-state index is 12.3. The maximum absolute atomic E-state index is 12.3. The van der Waals surface area contributed by atoms with Gasteiger partial charge in [0.2, 0.25) is 0 Å². The number of carbonyl (C=O) groups excluding carboxylic acids is 1. The van der Waals surface area contributed by atoms with Crippen molar-refractivity contribution >= 4 is 17.4 Å². The third kappa shape index (κ3) is 4.68. The van der Waals surface area contributed by atoms with Crippen molar-refractivity contribution in [1.82, 2.24) is 20.1 Å². The Kier molecular flexibility index (Phi) is 6.08. The average Bonchev–Trinajstić information content (AvgIpc) is 3.28. The number of ether oxygens (including phenoxy) is 1. The molecule has 0 spiro atoms.